The van der Waals surface area contributed by atoms with Gasteiger partial charge in [-0.3, -0.25) is 0 Å². The Morgan fingerprint density at radius 3 is 2.53 bits per heavy atom. The lowest BCUT2D eigenvalue weighted by molar-refractivity contribution is 0.252. The van der Waals surface area contributed by atoms with E-state index in [0.29, 0.717) is 17.8 Å². The summed E-state index contributed by atoms with van der Waals surface area (Å²) in [5.41, 5.74) is 4.18. The molecule has 6 nitrogen and oxygen atoms in total. The number of aromatic nitrogens is 1. The fourth-order valence-corrected chi connectivity index (χ4v) is 3.59. The van der Waals surface area contributed by atoms with Crippen molar-refractivity contribution in [2.24, 2.45) is 0 Å². The third kappa shape index (κ3) is 4.41. The van der Waals surface area contributed by atoms with E-state index >= 15 is 0 Å². The summed E-state index contributed by atoms with van der Waals surface area (Å²) in [5, 5.41) is 16.5. The molecule has 0 saturated heterocycles. The largest absolute Gasteiger partial charge is 0.497 e. The van der Waals surface area contributed by atoms with Crippen LogP contribution >= 0.6 is 0 Å². The Balaban J connectivity index is 1.96. The van der Waals surface area contributed by atoms with E-state index in [1.165, 1.54) is 0 Å². The van der Waals surface area contributed by atoms with Crippen LogP contribution in [-0.2, 0) is 6.54 Å². The Bertz CT molecular complexity index is 1060. The van der Waals surface area contributed by atoms with Gasteiger partial charge in [0.15, 0.2) is 0 Å². The number of ether oxygens (including phenoxy) is 1. The lowest BCUT2D eigenvalue weighted by Crippen LogP contribution is -2.29. The van der Waals surface area contributed by atoms with Crippen LogP contribution in [0.15, 0.2) is 42.5 Å². The first-order chi connectivity index (χ1) is 14.6. The first kappa shape index (κ1) is 21.3. The maximum Gasteiger partial charge on any atom is 0.319 e. The molecule has 30 heavy (non-hydrogen) atoms. The molecule has 0 spiro atoms. The molecule has 0 aliphatic carbocycles. The Morgan fingerprint density at radius 1 is 1.13 bits per heavy atom. The average molecular weight is 405 g/mol. The van der Waals surface area contributed by atoms with Crippen molar-refractivity contribution in [3.8, 4) is 23.1 Å². The second kappa shape index (κ2) is 9.84. The number of hydrogen-bond donors (Lipinski definition) is 2. The number of unbranched alkanes of at least 4 members (excludes halogenated alkanes) is 1. The summed E-state index contributed by atoms with van der Waals surface area (Å²) in [7, 11) is 1.64. The van der Waals surface area contributed by atoms with Gasteiger partial charge in [-0.1, -0.05) is 32.4 Å². The third-order valence-electron chi connectivity index (χ3n) is 5.06. The average Bonchev–Trinajstić information content (AvgIpc) is 3.07. The van der Waals surface area contributed by atoms with E-state index in [2.05, 4.69) is 35.1 Å². The highest BCUT2D eigenvalue weighted by Gasteiger charge is 2.19. The van der Waals surface area contributed by atoms with Gasteiger partial charge < -0.3 is 19.9 Å². The number of carbonyl (C=O) groups excluding carboxylic acids is 1. The van der Waals surface area contributed by atoms with E-state index in [1.807, 2.05) is 42.5 Å². The first-order valence-corrected chi connectivity index (χ1v) is 10.4. The van der Waals surface area contributed by atoms with Crippen LogP contribution in [0.25, 0.3) is 22.2 Å². The number of nitriles is 1. The number of fused-ring (bicyclic) bond motifs is 1. The quantitative estimate of drug-likeness (QED) is 0.485. The molecular formula is C24H28N4O2. The number of benzene rings is 2. The maximum absolute atomic E-state index is 12.0. The van der Waals surface area contributed by atoms with E-state index in [4.69, 9.17) is 4.74 Å². The summed E-state index contributed by atoms with van der Waals surface area (Å²) < 4.78 is 7.57. The molecule has 0 bridgehead atoms. The Labute approximate surface area is 177 Å². The van der Waals surface area contributed by atoms with Gasteiger partial charge in [-0.15, -0.1) is 0 Å². The number of methoxy groups -OCH3 is 1. The number of rotatable bonds is 8. The number of anilines is 1. The monoisotopic (exact) mass is 404 g/mol. The molecule has 0 saturated carbocycles. The van der Waals surface area contributed by atoms with Crippen molar-refractivity contribution < 1.29 is 9.53 Å². The molecule has 0 radical (unpaired) electrons. The van der Waals surface area contributed by atoms with E-state index in [9.17, 15) is 10.1 Å². The number of amides is 2. The van der Waals surface area contributed by atoms with Crippen molar-refractivity contribution in [2.45, 2.75) is 39.7 Å². The van der Waals surface area contributed by atoms with Crippen LogP contribution in [-0.4, -0.2) is 24.3 Å². The topological polar surface area (TPSA) is 79.1 Å². The minimum absolute atomic E-state index is 0.207. The molecule has 0 atom stereocenters. The number of hydrogen-bond acceptors (Lipinski definition) is 3. The summed E-state index contributed by atoms with van der Waals surface area (Å²) in [5.74, 6) is 0.766. The highest BCUT2D eigenvalue weighted by atomic mass is 16.5. The van der Waals surface area contributed by atoms with Crippen LogP contribution < -0.4 is 15.4 Å². The number of nitrogens with one attached hydrogen (secondary N) is 2. The van der Waals surface area contributed by atoms with Crippen molar-refractivity contribution in [1.82, 2.24) is 9.88 Å². The zero-order chi connectivity index (χ0) is 21.5. The van der Waals surface area contributed by atoms with E-state index in [0.717, 1.165) is 53.7 Å². The Morgan fingerprint density at radius 2 is 1.90 bits per heavy atom. The highest BCUT2D eigenvalue weighted by Crippen LogP contribution is 2.36. The van der Waals surface area contributed by atoms with Crippen LogP contribution in [0.4, 0.5) is 10.5 Å². The number of urea groups is 1. The van der Waals surface area contributed by atoms with Gasteiger partial charge in [0.05, 0.1) is 23.9 Å². The molecule has 2 amide bonds. The molecule has 1 heterocycles. The minimum atomic E-state index is -0.207. The van der Waals surface area contributed by atoms with Gasteiger partial charge in [-0.25, -0.2) is 4.79 Å². The van der Waals surface area contributed by atoms with E-state index in [-0.39, 0.29) is 6.03 Å². The van der Waals surface area contributed by atoms with Gasteiger partial charge in [0.1, 0.15) is 11.8 Å². The van der Waals surface area contributed by atoms with Crippen LogP contribution in [0.5, 0.6) is 5.75 Å². The first-order valence-electron chi connectivity index (χ1n) is 10.4. The molecule has 0 unspecified atom stereocenters. The highest BCUT2D eigenvalue weighted by molar-refractivity contribution is 5.96. The molecule has 6 heteroatoms. The van der Waals surface area contributed by atoms with Gasteiger partial charge in [-0.05, 0) is 42.7 Å². The van der Waals surface area contributed by atoms with Crippen molar-refractivity contribution >= 4 is 22.6 Å². The lowest BCUT2D eigenvalue weighted by atomic mass is 10.1. The molecule has 3 rings (SSSR count). The fraction of sp³-hybridized carbons (Fsp3) is 0.333. The number of nitrogens with zero attached hydrogens (tertiary/aromatic N) is 2. The third-order valence-corrected chi connectivity index (χ3v) is 5.06. The summed E-state index contributed by atoms with van der Waals surface area (Å²) >= 11 is 0. The molecule has 1 aromatic heterocycles. The van der Waals surface area contributed by atoms with Crippen molar-refractivity contribution in [3.63, 3.8) is 0 Å². The normalized spacial score (nSPS) is 10.6. The second-order valence-corrected chi connectivity index (χ2v) is 7.18. The summed E-state index contributed by atoms with van der Waals surface area (Å²) in [6.07, 6.45) is 2.93. The molecule has 3 aromatic rings. The summed E-state index contributed by atoms with van der Waals surface area (Å²) in [4.78, 5) is 12.0. The lowest BCUT2D eigenvalue weighted by Gasteiger charge is -2.12. The van der Waals surface area contributed by atoms with E-state index in [1.54, 1.807) is 7.11 Å². The van der Waals surface area contributed by atoms with E-state index < -0.39 is 0 Å². The zero-order valence-electron chi connectivity index (χ0n) is 17.8. The molecule has 0 aliphatic rings. The van der Waals surface area contributed by atoms with Crippen molar-refractivity contribution in [1.29, 1.82) is 5.26 Å². The van der Waals surface area contributed by atoms with Crippen LogP contribution in [0, 0.1) is 11.3 Å². The predicted octanol–water partition coefficient (Wildman–Crippen LogP) is 5.52. The van der Waals surface area contributed by atoms with Crippen LogP contribution in [0.3, 0.4) is 0 Å². The second-order valence-electron chi connectivity index (χ2n) is 7.18. The molecule has 156 valence electrons. The molecular weight excluding hydrogens is 376 g/mol. The van der Waals surface area contributed by atoms with Crippen LogP contribution in [0.1, 0.15) is 38.7 Å². The van der Waals surface area contributed by atoms with Gasteiger partial charge in [0, 0.05) is 30.2 Å². The fourth-order valence-electron chi connectivity index (χ4n) is 3.59. The zero-order valence-corrected chi connectivity index (χ0v) is 17.8. The molecule has 0 fully saturated rings. The predicted molar refractivity (Wildman–Crippen MR) is 121 cm³/mol. The van der Waals surface area contributed by atoms with Gasteiger partial charge >= 0.3 is 6.03 Å². The van der Waals surface area contributed by atoms with Crippen LogP contribution in [0.2, 0.25) is 0 Å². The molecule has 2 aromatic carbocycles. The van der Waals surface area contributed by atoms with Gasteiger partial charge in [0.25, 0.3) is 0 Å². The molecule has 0 aliphatic heterocycles. The SMILES string of the molecule is CCCCNC(=O)Nc1ccc(-c2c(C#N)c3ccc(OC)cc3n2CCC)cc1. The Hall–Kier alpha value is -3.46. The van der Waals surface area contributed by atoms with Crippen molar-refractivity contribution in [3.05, 3.63) is 48.0 Å². The standard InChI is InChI=1S/C24H28N4O2/c1-4-6-13-26-24(29)27-18-9-7-17(8-10-18)23-21(16-25)20-12-11-19(30-3)15-22(20)28(23)14-5-2/h7-12,15H,4-6,13-14H2,1-3H3,(H2,26,27,29). The number of aryl methyl sites for hydroxylation is 1. The summed E-state index contributed by atoms with van der Waals surface area (Å²) in [6, 6.07) is 15.6. The Kier molecular flexibility index (Phi) is 6.97. The number of carbonyl (C=O) groups is 1. The van der Waals surface area contributed by atoms with Gasteiger partial charge in [0.2, 0.25) is 0 Å². The smallest absolute Gasteiger partial charge is 0.319 e. The van der Waals surface area contributed by atoms with Crippen molar-refractivity contribution in [2.75, 3.05) is 19.0 Å². The summed E-state index contributed by atoms with van der Waals surface area (Å²) in [6.45, 7) is 5.65. The maximum atomic E-state index is 12.0. The minimum Gasteiger partial charge on any atom is -0.497 e. The molecule has 2 N–H and O–H groups in total. The van der Waals surface area contributed by atoms with Gasteiger partial charge in [-0.2, -0.15) is 5.26 Å².